The van der Waals surface area contributed by atoms with E-state index in [9.17, 15) is 42.0 Å². The van der Waals surface area contributed by atoms with E-state index in [-0.39, 0.29) is 124 Å². The topological polar surface area (TPSA) is 269 Å². The first kappa shape index (κ1) is 49.9. The number of piperidine rings is 2. The molecule has 364 valence electrons. The molecule has 6 atom stereocenters. The number of carbonyl (C=O) groups excluding carboxylic acids is 7. The van der Waals surface area contributed by atoms with Crippen LogP contribution in [0.5, 0.6) is 5.75 Å². The quantitative estimate of drug-likeness (QED) is 0.0653. The predicted octanol–water partition coefficient (Wildman–Crippen LogP) is -0.309. The van der Waals surface area contributed by atoms with Crippen molar-refractivity contribution >= 4 is 63.1 Å². The fourth-order valence-electron chi connectivity index (χ4n) is 8.62. The normalized spacial score (nSPS) is 24.3. The Morgan fingerprint density at radius 3 is 2.45 bits per heavy atom. The Kier molecular flexibility index (Phi) is 17.4. The van der Waals surface area contributed by atoms with Gasteiger partial charge in [0.15, 0.2) is 0 Å². The molecule has 0 radical (unpaired) electrons. The number of fused-ring (bicyclic) bond motifs is 1. The van der Waals surface area contributed by atoms with Gasteiger partial charge >= 0.3 is 0 Å². The van der Waals surface area contributed by atoms with Crippen LogP contribution in [0.4, 0.5) is 0 Å². The van der Waals surface area contributed by atoms with E-state index in [1.807, 2.05) is 6.07 Å². The number of sulfonamides is 1. The lowest BCUT2D eigenvalue weighted by molar-refractivity contribution is -0.136. The molecule has 0 saturated carbocycles. The van der Waals surface area contributed by atoms with Gasteiger partial charge in [0.1, 0.15) is 30.1 Å². The van der Waals surface area contributed by atoms with Gasteiger partial charge in [-0.15, -0.1) is 11.8 Å². The van der Waals surface area contributed by atoms with Gasteiger partial charge in [0.25, 0.3) is 11.8 Å². The molecular weight excluding hydrogens is 913 g/mol. The Hall–Kier alpha value is -5.01. The van der Waals surface area contributed by atoms with Crippen molar-refractivity contribution in [3.05, 3.63) is 64.7 Å². The fourth-order valence-corrected chi connectivity index (χ4v) is 10.7. The maximum absolute atomic E-state index is 13.2. The van der Waals surface area contributed by atoms with Crippen LogP contribution in [0.2, 0.25) is 0 Å². The summed E-state index contributed by atoms with van der Waals surface area (Å²) in [5, 5.41) is 17.5. The molecule has 4 fully saturated rings. The van der Waals surface area contributed by atoms with Gasteiger partial charge in [-0.25, -0.2) is 12.7 Å². The minimum Gasteiger partial charge on any atom is -0.490 e. The molecule has 6 N–H and O–H groups in total. The SMILES string of the molecule is CS(=O)(=O)N1CCC(C(=O)NCC(=O)NC2NC(c3cccc(C4CCNC(OCCNC(=O)CCOCCOCCOc5cccc6c5C(=O)N(C5CCC(=O)NC5=O)C6=O)C4)c3)CS2)C1. The molecule has 23 heteroatoms. The smallest absolute Gasteiger partial charge is 0.266 e. The average molecular weight is 971 g/mol. The van der Waals surface area contributed by atoms with Crippen LogP contribution in [0.25, 0.3) is 0 Å². The molecule has 5 aliphatic rings. The standard InChI is InChI=1S/C44H58N8O13S2/c1-67(60,61)51-15-11-30(25-51)40(56)47-24-37(55)50-44-48-32(26-66-44)29-5-2-4-27(22-29)28-10-13-46-38(23-28)65-17-14-45-35(53)12-16-62-18-19-63-20-21-64-34-7-3-6-31-39(34)43(59)52(42(31)58)33-8-9-36(54)49-41(33)57/h2-7,22,28,30,32-33,38,44,46,48H,8-21,23-26H2,1H3,(H,45,53)(H,47,56)(H,50,55)(H,49,54,57). The van der Waals surface area contributed by atoms with E-state index < -0.39 is 45.6 Å². The largest absolute Gasteiger partial charge is 0.490 e. The number of benzene rings is 2. The maximum Gasteiger partial charge on any atom is 0.266 e. The number of nitrogens with one attached hydrogen (secondary N) is 6. The van der Waals surface area contributed by atoms with Gasteiger partial charge in [0.2, 0.25) is 39.6 Å². The molecule has 0 spiro atoms. The average Bonchev–Trinajstić information content (AvgIpc) is 4.06. The Bertz CT molecular complexity index is 2290. The Labute approximate surface area is 392 Å². The van der Waals surface area contributed by atoms with Gasteiger partial charge in [0.05, 0.1) is 62.9 Å². The number of hydrogen-bond donors (Lipinski definition) is 6. The summed E-state index contributed by atoms with van der Waals surface area (Å²) >= 11 is 1.57. The van der Waals surface area contributed by atoms with Crippen LogP contribution < -0.4 is 36.6 Å². The second-order valence-electron chi connectivity index (χ2n) is 16.8. The Morgan fingerprint density at radius 2 is 1.66 bits per heavy atom. The van der Waals surface area contributed by atoms with Crippen molar-refractivity contribution in [3.8, 4) is 5.75 Å². The van der Waals surface area contributed by atoms with Crippen molar-refractivity contribution < 1.29 is 60.9 Å². The predicted molar refractivity (Wildman–Crippen MR) is 242 cm³/mol. The third-order valence-corrected chi connectivity index (χ3v) is 14.5. The van der Waals surface area contributed by atoms with E-state index in [0.29, 0.717) is 26.1 Å². The first-order valence-electron chi connectivity index (χ1n) is 22.5. The lowest BCUT2D eigenvalue weighted by Gasteiger charge is -2.31. The van der Waals surface area contributed by atoms with Gasteiger partial charge < -0.3 is 34.9 Å². The van der Waals surface area contributed by atoms with Gasteiger partial charge in [0, 0.05) is 44.3 Å². The third-order valence-electron chi connectivity index (χ3n) is 12.1. The highest BCUT2D eigenvalue weighted by Crippen LogP contribution is 2.35. The van der Waals surface area contributed by atoms with Gasteiger partial charge in [-0.1, -0.05) is 30.3 Å². The van der Waals surface area contributed by atoms with Crippen LogP contribution in [0.1, 0.15) is 82.3 Å². The maximum atomic E-state index is 13.2. The van der Waals surface area contributed by atoms with Crippen molar-refractivity contribution in [3.63, 3.8) is 0 Å². The molecule has 7 amide bonds. The van der Waals surface area contributed by atoms with Crippen molar-refractivity contribution in [1.82, 2.24) is 41.1 Å². The first-order chi connectivity index (χ1) is 32.2. The lowest BCUT2D eigenvalue weighted by Crippen LogP contribution is -2.54. The minimum atomic E-state index is -3.36. The Balaban J connectivity index is 0.716. The zero-order chi connectivity index (χ0) is 47.5. The highest BCUT2D eigenvalue weighted by atomic mass is 32.2. The van der Waals surface area contributed by atoms with E-state index >= 15 is 0 Å². The van der Waals surface area contributed by atoms with Gasteiger partial charge in [-0.3, -0.25) is 54.4 Å². The number of ether oxygens (including phenoxy) is 4. The molecule has 2 aromatic rings. The second-order valence-corrected chi connectivity index (χ2v) is 19.9. The summed E-state index contributed by atoms with van der Waals surface area (Å²) < 4.78 is 47.8. The van der Waals surface area contributed by atoms with Crippen molar-refractivity contribution in [1.29, 1.82) is 0 Å². The van der Waals surface area contributed by atoms with Crippen molar-refractivity contribution in [2.75, 3.05) is 84.4 Å². The van der Waals surface area contributed by atoms with Crippen LogP contribution in [-0.4, -0.2) is 161 Å². The number of hydrogen-bond acceptors (Lipinski definition) is 16. The molecule has 6 unspecified atom stereocenters. The van der Waals surface area contributed by atoms with E-state index in [0.717, 1.165) is 41.9 Å². The number of thioether (sulfide) groups is 1. The molecule has 5 heterocycles. The van der Waals surface area contributed by atoms with Crippen molar-refractivity contribution in [2.45, 2.75) is 68.3 Å². The van der Waals surface area contributed by atoms with Crippen LogP contribution in [0.15, 0.2) is 42.5 Å². The summed E-state index contributed by atoms with van der Waals surface area (Å²) in [4.78, 5) is 88.6. The van der Waals surface area contributed by atoms with E-state index in [1.165, 1.54) is 15.9 Å². The summed E-state index contributed by atoms with van der Waals surface area (Å²) in [7, 11) is -3.36. The highest BCUT2D eigenvalue weighted by molar-refractivity contribution is 8.00. The molecule has 21 nitrogen and oxygen atoms in total. The molecular formula is C44H58N8O13S2. The summed E-state index contributed by atoms with van der Waals surface area (Å²) in [5.74, 6) is -2.49. The molecule has 0 aliphatic carbocycles. The summed E-state index contributed by atoms with van der Waals surface area (Å²) in [5.41, 5.74) is 2.19. The van der Waals surface area contributed by atoms with Crippen molar-refractivity contribution in [2.24, 2.45) is 5.92 Å². The zero-order valence-electron chi connectivity index (χ0n) is 37.3. The van der Waals surface area contributed by atoms with Crippen LogP contribution in [-0.2, 0) is 48.2 Å². The van der Waals surface area contributed by atoms with E-state index in [1.54, 1.807) is 23.9 Å². The van der Waals surface area contributed by atoms with Gasteiger partial charge in [-0.2, -0.15) is 0 Å². The first-order valence-corrected chi connectivity index (χ1v) is 25.4. The highest BCUT2D eigenvalue weighted by Gasteiger charge is 2.46. The number of carbonyl (C=O) groups is 7. The molecule has 4 saturated heterocycles. The van der Waals surface area contributed by atoms with Crippen LogP contribution >= 0.6 is 11.8 Å². The summed E-state index contributed by atoms with van der Waals surface area (Å²) in [6.07, 6.45) is 3.34. The Morgan fingerprint density at radius 1 is 0.881 bits per heavy atom. The fraction of sp³-hybridized carbons (Fsp3) is 0.568. The molecule has 67 heavy (non-hydrogen) atoms. The van der Waals surface area contributed by atoms with E-state index in [4.69, 9.17) is 18.9 Å². The zero-order valence-corrected chi connectivity index (χ0v) is 38.9. The molecule has 5 aliphatic heterocycles. The number of amides is 7. The second kappa shape index (κ2) is 23.3. The number of rotatable bonds is 22. The van der Waals surface area contributed by atoms with Crippen LogP contribution in [0, 0.1) is 5.92 Å². The molecule has 0 bridgehead atoms. The minimum absolute atomic E-state index is 0.0178. The van der Waals surface area contributed by atoms with Gasteiger partial charge in [-0.05, 0) is 61.4 Å². The number of nitrogens with zero attached hydrogens (tertiary/aromatic N) is 2. The summed E-state index contributed by atoms with van der Waals surface area (Å²) in [6.45, 7) is 2.63. The molecule has 7 rings (SSSR count). The lowest BCUT2D eigenvalue weighted by atomic mass is 9.88. The van der Waals surface area contributed by atoms with E-state index in [2.05, 4.69) is 50.1 Å². The van der Waals surface area contributed by atoms with Crippen LogP contribution in [0.3, 0.4) is 0 Å². The number of imide groups is 2. The third kappa shape index (κ3) is 13.4. The molecule has 0 aromatic heterocycles. The monoisotopic (exact) mass is 970 g/mol. The summed E-state index contributed by atoms with van der Waals surface area (Å²) in [6, 6.07) is 12.0. The molecule has 2 aromatic carbocycles.